The highest BCUT2D eigenvalue weighted by molar-refractivity contribution is 5.67. The highest BCUT2D eigenvalue weighted by atomic mass is 14.2. The Bertz CT molecular complexity index is 609. The van der Waals surface area contributed by atoms with Crippen LogP contribution in [0.1, 0.15) is 63.4 Å². The quantitative estimate of drug-likeness (QED) is 0.412. The Balaban J connectivity index is 1.66. The molecule has 0 fully saturated rings. The SMILES string of the molecule is N#CCCCCCCCCCCc1ccccc1-c1ccccc1. The van der Waals surface area contributed by atoms with E-state index < -0.39 is 0 Å². The summed E-state index contributed by atoms with van der Waals surface area (Å²) in [4.78, 5) is 0. The van der Waals surface area contributed by atoms with E-state index in [9.17, 15) is 0 Å². The Kier molecular flexibility index (Phi) is 8.73. The van der Waals surface area contributed by atoms with Crippen molar-refractivity contribution in [3.05, 3.63) is 60.2 Å². The lowest BCUT2D eigenvalue weighted by Crippen LogP contribution is -1.91. The van der Waals surface area contributed by atoms with Gasteiger partial charge in [-0.15, -0.1) is 0 Å². The van der Waals surface area contributed by atoms with Crippen molar-refractivity contribution in [2.24, 2.45) is 0 Å². The summed E-state index contributed by atoms with van der Waals surface area (Å²) in [6.07, 6.45) is 12.1. The Labute approximate surface area is 147 Å². The van der Waals surface area contributed by atoms with Gasteiger partial charge in [0.05, 0.1) is 6.07 Å². The second kappa shape index (κ2) is 11.5. The van der Waals surface area contributed by atoms with Crippen LogP contribution in [0.2, 0.25) is 0 Å². The molecule has 0 heterocycles. The van der Waals surface area contributed by atoms with Crippen LogP contribution in [0.15, 0.2) is 54.6 Å². The van der Waals surface area contributed by atoms with Gasteiger partial charge in [0, 0.05) is 6.42 Å². The van der Waals surface area contributed by atoms with Crippen molar-refractivity contribution in [2.45, 2.75) is 64.2 Å². The van der Waals surface area contributed by atoms with Crippen LogP contribution in [-0.2, 0) is 6.42 Å². The molecule has 0 bridgehead atoms. The number of hydrogen-bond donors (Lipinski definition) is 0. The largest absolute Gasteiger partial charge is 0.198 e. The van der Waals surface area contributed by atoms with Crippen LogP contribution in [-0.4, -0.2) is 0 Å². The molecule has 0 aliphatic heterocycles. The Morgan fingerprint density at radius 2 is 1.21 bits per heavy atom. The maximum Gasteiger partial charge on any atom is 0.0621 e. The molecule has 0 atom stereocenters. The van der Waals surface area contributed by atoms with E-state index >= 15 is 0 Å². The molecule has 0 saturated heterocycles. The van der Waals surface area contributed by atoms with Crippen molar-refractivity contribution in [3.8, 4) is 17.2 Å². The van der Waals surface area contributed by atoms with Gasteiger partial charge < -0.3 is 0 Å². The van der Waals surface area contributed by atoms with Gasteiger partial charge in [-0.3, -0.25) is 0 Å². The molecular weight excluding hydrogens is 290 g/mol. The molecule has 0 radical (unpaired) electrons. The molecule has 1 nitrogen and oxygen atoms in total. The summed E-state index contributed by atoms with van der Waals surface area (Å²) in [6, 6.07) is 21.7. The Morgan fingerprint density at radius 3 is 1.92 bits per heavy atom. The summed E-state index contributed by atoms with van der Waals surface area (Å²) in [5.74, 6) is 0. The second-order valence-corrected chi connectivity index (χ2v) is 6.51. The van der Waals surface area contributed by atoms with Crippen LogP contribution in [0.3, 0.4) is 0 Å². The molecule has 0 unspecified atom stereocenters. The lowest BCUT2D eigenvalue weighted by molar-refractivity contribution is 0.570. The molecule has 0 saturated carbocycles. The van der Waals surface area contributed by atoms with E-state index in [-0.39, 0.29) is 0 Å². The molecule has 0 spiro atoms. The van der Waals surface area contributed by atoms with E-state index in [1.54, 1.807) is 0 Å². The van der Waals surface area contributed by atoms with Gasteiger partial charge in [0.2, 0.25) is 0 Å². The molecule has 2 rings (SSSR count). The Hall–Kier alpha value is -2.07. The first-order valence-corrected chi connectivity index (χ1v) is 9.42. The van der Waals surface area contributed by atoms with Gasteiger partial charge >= 0.3 is 0 Å². The van der Waals surface area contributed by atoms with Crippen LogP contribution < -0.4 is 0 Å². The molecule has 126 valence electrons. The highest BCUT2D eigenvalue weighted by Gasteiger charge is 2.03. The minimum absolute atomic E-state index is 0.723. The van der Waals surface area contributed by atoms with E-state index in [2.05, 4.69) is 60.7 Å². The minimum Gasteiger partial charge on any atom is -0.198 e. The van der Waals surface area contributed by atoms with Crippen LogP contribution in [0.4, 0.5) is 0 Å². The van der Waals surface area contributed by atoms with E-state index in [1.165, 1.54) is 68.1 Å². The van der Waals surface area contributed by atoms with E-state index in [1.807, 2.05) is 0 Å². The van der Waals surface area contributed by atoms with Gasteiger partial charge in [0.25, 0.3) is 0 Å². The van der Waals surface area contributed by atoms with Crippen molar-refractivity contribution >= 4 is 0 Å². The van der Waals surface area contributed by atoms with Crippen molar-refractivity contribution in [3.63, 3.8) is 0 Å². The number of benzene rings is 2. The fourth-order valence-electron chi connectivity index (χ4n) is 3.22. The first kappa shape index (κ1) is 18.3. The maximum atomic E-state index is 8.50. The number of unbranched alkanes of at least 4 members (excludes halogenated alkanes) is 8. The molecule has 0 aromatic heterocycles. The third kappa shape index (κ3) is 6.59. The first-order chi connectivity index (χ1) is 11.9. The number of rotatable bonds is 11. The number of hydrogen-bond acceptors (Lipinski definition) is 1. The zero-order chi connectivity index (χ0) is 16.9. The van der Waals surface area contributed by atoms with Gasteiger partial charge in [-0.1, -0.05) is 93.1 Å². The smallest absolute Gasteiger partial charge is 0.0621 e. The van der Waals surface area contributed by atoms with E-state index in [0.29, 0.717) is 0 Å². The van der Waals surface area contributed by atoms with E-state index in [4.69, 9.17) is 5.26 Å². The topological polar surface area (TPSA) is 23.8 Å². The van der Waals surface area contributed by atoms with E-state index in [0.717, 1.165) is 12.8 Å². The van der Waals surface area contributed by atoms with Gasteiger partial charge in [-0.2, -0.15) is 5.26 Å². The summed E-state index contributed by atoms with van der Waals surface area (Å²) in [7, 11) is 0. The average Bonchev–Trinajstić information content (AvgIpc) is 2.64. The monoisotopic (exact) mass is 319 g/mol. The van der Waals surface area contributed by atoms with Crippen LogP contribution >= 0.6 is 0 Å². The predicted octanol–water partition coefficient (Wildman–Crippen LogP) is 6.93. The van der Waals surface area contributed by atoms with Crippen molar-refractivity contribution in [1.29, 1.82) is 5.26 Å². The minimum atomic E-state index is 0.723. The summed E-state index contributed by atoms with van der Waals surface area (Å²) >= 11 is 0. The van der Waals surface area contributed by atoms with Crippen molar-refractivity contribution in [2.75, 3.05) is 0 Å². The fraction of sp³-hybridized carbons (Fsp3) is 0.435. The molecule has 24 heavy (non-hydrogen) atoms. The lowest BCUT2D eigenvalue weighted by Gasteiger charge is -2.09. The molecule has 2 aromatic rings. The number of nitriles is 1. The summed E-state index contributed by atoms with van der Waals surface area (Å²) in [5.41, 5.74) is 4.18. The highest BCUT2D eigenvalue weighted by Crippen LogP contribution is 2.25. The number of aryl methyl sites for hydroxylation is 1. The summed E-state index contributed by atoms with van der Waals surface area (Å²) in [6.45, 7) is 0. The van der Waals surface area contributed by atoms with Crippen molar-refractivity contribution in [1.82, 2.24) is 0 Å². The molecule has 0 amide bonds. The Morgan fingerprint density at radius 1 is 0.625 bits per heavy atom. The van der Waals surface area contributed by atoms with Crippen LogP contribution in [0.25, 0.3) is 11.1 Å². The third-order valence-electron chi connectivity index (χ3n) is 4.59. The molecule has 2 aromatic carbocycles. The summed E-state index contributed by atoms with van der Waals surface area (Å²) < 4.78 is 0. The number of nitrogens with zero attached hydrogens (tertiary/aromatic N) is 1. The van der Waals surface area contributed by atoms with Crippen LogP contribution in [0, 0.1) is 11.3 Å². The van der Waals surface area contributed by atoms with Gasteiger partial charge in [-0.05, 0) is 36.0 Å². The predicted molar refractivity (Wildman–Crippen MR) is 103 cm³/mol. The van der Waals surface area contributed by atoms with Crippen molar-refractivity contribution < 1.29 is 0 Å². The third-order valence-corrected chi connectivity index (χ3v) is 4.59. The first-order valence-electron chi connectivity index (χ1n) is 9.42. The van der Waals surface area contributed by atoms with Gasteiger partial charge in [0.15, 0.2) is 0 Å². The molecule has 0 aliphatic rings. The van der Waals surface area contributed by atoms with Gasteiger partial charge in [0.1, 0.15) is 0 Å². The molecule has 0 aliphatic carbocycles. The molecular formula is C23H29N. The molecule has 0 N–H and O–H groups in total. The molecule has 1 heteroatoms. The standard InChI is InChI=1S/C23H29N/c24-20-14-7-5-3-1-2-4-6-9-15-22-18-12-13-19-23(22)21-16-10-8-11-17-21/h8,10-13,16-19H,1-7,9,14-15H2. The average molecular weight is 319 g/mol. The zero-order valence-electron chi connectivity index (χ0n) is 14.7. The fourth-order valence-corrected chi connectivity index (χ4v) is 3.22. The maximum absolute atomic E-state index is 8.50. The normalized spacial score (nSPS) is 10.5. The lowest BCUT2D eigenvalue weighted by atomic mass is 9.95. The summed E-state index contributed by atoms with van der Waals surface area (Å²) in [5, 5.41) is 8.50. The van der Waals surface area contributed by atoms with Gasteiger partial charge in [-0.25, -0.2) is 0 Å². The zero-order valence-corrected chi connectivity index (χ0v) is 14.7. The second-order valence-electron chi connectivity index (χ2n) is 6.51. The van der Waals surface area contributed by atoms with Crippen LogP contribution in [0.5, 0.6) is 0 Å².